The molecule has 0 aliphatic heterocycles. The molecule has 92 valence electrons. The van der Waals surface area contributed by atoms with E-state index in [1.165, 1.54) is 0 Å². The third-order valence-electron chi connectivity index (χ3n) is 1.91. The number of alkyl carbamates (subject to hydrolysis) is 1. The number of carbonyl (C=O) groups is 1. The molecule has 1 amide bonds. The summed E-state index contributed by atoms with van der Waals surface area (Å²) in [7, 11) is 0. The predicted octanol–water partition coefficient (Wildman–Crippen LogP) is 1.24. The first kappa shape index (κ1) is 13.4. The van der Waals surface area contributed by atoms with Gasteiger partial charge in [-0.1, -0.05) is 6.07 Å². The molecule has 6 heteroatoms. The van der Waals surface area contributed by atoms with Crippen molar-refractivity contribution in [1.29, 1.82) is 0 Å². The molecule has 0 aliphatic rings. The zero-order chi connectivity index (χ0) is 12.5. The molecule has 2 N–H and O–H groups in total. The van der Waals surface area contributed by atoms with Crippen LogP contribution in [0.4, 0.5) is 4.79 Å². The van der Waals surface area contributed by atoms with E-state index in [2.05, 4.69) is 20.4 Å². The standard InChI is InChI=1S/C11H15N3O2S/c1-2-16-11(15)14-10(17)13-7-5-9-4-3-6-12-8-9/h3-4,6,8H,2,5,7H2,1H3,(H2,13,14,15,17). The van der Waals surface area contributed by atoms with E-state index in [1.807, 2.05) is 12.1 Å². The monoisotopic (exact) mass is 253 g/mol. The Hall–Kier alpha value is -1.69. The van der Waals surface area contributed by atoms with Crippen LogP contribution in [-0.2, 0) is 11.2 Å². The number of thiocarbonyl (C=S) groups is 1. The summed E-state index contributed by atoms with van der Waals surface area (Å²) in [5.41, 5.74) is 1.11. The first-order chi connectivity index (χ1) is 8.22. The van der Waals surface area contributed by atoms with Crippen LogP contribution < -0.4 is 10.6 Å². The Kier molecular flexibility index (Phi) is 5.95. The molecule has 1 heterocycles. The minimum Gasteiger partial charge on any atom is -0.450 e. The zero-order valence-corrected chi connectivity index (χ0v) is 10.4. The fraction of sp³-hybridized carbons (Fsp3) is 0.364. The van der Waals surface area contributed by atoms with Gasteiger partial charge in [0.15, 0.2) is 5.11 Å². The average Bonchev–Trinajstić information content (AvgIpc) is 2.30. The molecule has 1 aromatic rings. The van der Waals surface area contributed by atoms with Gasteiger partial charge in [0.2, 0.25) is 0 Å². The second-order valence-electron chi connectivity index (χ2n) is 3.21. The van der Waals surface area contributed by atoms with Crippen molar-refractivity contribution < 1.29 is 9.53 Å². The summed E-state index contributed by atoms with van der Waals surface area (Å²) < 4.78 is 4.69. The van der Waals surface area contributed by atoms with Crippen LogP contribution in [0.25, 0.3) is 0 Å². The molecule has 0 fully saturated rings. The molecular formula is C11H15N3O2S. The van der Waals surface area contributed by atoms with Gasteiger partial charge in [0.25, 0.3) is 0 Å². The Bertz CT molecular complexity index is 370. The SMILES string of the molecule is CCOC(=O)NC(=S)NCCc1cccnc1. The molecule has 0 bridgehead atoms. The second kappa shape index (κ2) is 7.56. The highest BCUT2D eigenvalue weighted by atomic mass is 32.1. The molecule has 1 aromatic heterocycles. The molecule has 0 unspecified atom stereocenters. The number of pyridine rings is 1. The fourth-order valence-electron chi connectivity index (χ4n) is 1.17. The molecule has 0 aliphatic carbocycles. The highest BCUT2D eigenvalue weighted by Crippen LogP contribution is 1.95. The maximum Gasteiger partial charge on any atom is 0.413 e. The van der Waals surface area contributed by atoms with Gasteiger partial charge in [-0.05, 0) is 37.2 Å². The van der Waals surface area contributed by atoms with E-state index in [4.69, 9.17) is 12.2 Å². The Morgan fingerprint density at radius 2 is 2.41 bits per heavy atom. The number of aromatic nitrogens is 1. The maximum absolute atomic E-state index is 11.0. The van der Waals surface area contributed by atoms with Crippen LogP contribution in [0, 0.1) is 0 Å². The summed E-state index contributed by atoms with van der Waals surface area (Å²) >= 11 is 4.92. The number of amides is 1. The van der Waals surface area contributed by atoms with Crippen molar-refractivity contribution in [3.05, 3.63) is 30.1 Å². The van der Waals surface area contributed by atoms with Crippen LogP contribution in [0.15, 0.2) is 24.5 Å². The van der Waals surface area contributed by atoms with Gasteiger partial charge < -0.3 is 10.1 Å². The molecule has 0 saturated heterocycles. The van der Waals surface area contributed by atoms with Gasteiger partial charge in [0, 0.05) is 18.9 Å². The van der Waals surface area contributed by atoms with Gasteiger partial charge in [0.05, 0.1) is 6.61 Å². The number of rotatable bonds is 4. The number of nitrogens with one attached hydrogen (secondary N) is 2. The van der Waals surface area contributed by atoms with Crippen molar-refractivity contribution in [2.45, 2.75) is 13.3 Å². The molecule has 0 spiro atoms. The molecule has 1 rings (SSSR count). The van der Waals surface area contributed by atoms with Crippen molar-refractivity contribution in [1.82, 2.24) is 15.6 Å². The average molecular weight is 253 g/mol. The van der Waals surface area contributed by atoms with Crippen LogP contribution >= 0.6 is 12.2 Å². The third-order valence-corrected chi connectivity index (χ3v) is 2.16. The van der Waals surface area contributed by atoms with Crippen molar-refractivity contribution in [3.8, 4) is 0 Å². The van der Waals surface area contributed by atoms with Crippen LogP contribution in [-0.4, -0.2) is 29.3 Å². The van der Waals surface area contributed by atoms with E-state index < -0.39 is 6.09 Å². The van der Waals surface area contributed by atoms with Gasteiger partial charge in [-0.25, -0.2) is 4.79 Å². The zero-order valence-electron chi connectivity index (χ0n) is 9.60. The topological polar surface area (TPSA) is 63.2 Å². The van der Waals surface area contributed by atoms with Gasteiger partial charge in [0.1, 0.15) is 0 Å². The predicted molar refractivity (Wildman–Crippen MR) is 68.7 cm³/mol. The lowest BCUT2D eigenvalue weighted by molar-refractivity contribution is 0.157. The summed E-state index contributed by atoms with van der Waals surface area (Å²) in [5, 5.41) is 5.59. The summed E-state index contributed by atoms with van der Waals surface area (Å²) in [6.07, 6.45) is 3.78. The lowest BCUT2D eigenvalue weighted by Crippen LogP contribution is -2.40. The summed E-state index contributed by atoms with van der Waals surface area (Å²) in [6, 6.07) is 3.86. The number of nitrogens with zero attached hydrogens (tertiary/aromatic N) is 1. The van der Waals surface area contributed by atoms with Crippen LogP contribution in [0.3, 0.4) is 0 Å². The molecular weight excluding hydrogens is 238 g/mol. The third kappa shape index (κ3) is 5.82. The van der Waals surface area contributed by atoms with E-state index in [0.29, 0.717) is 13.2 Å². The molecule has 0 radical (unpaired) electrons. The number of hydrogen-bond acceptors (Lipinski definition) is 4. The normalized spacial score (nSPS) is 9.47. The van der Waals surface area contributed by atoms with E-state index in [9.17, 15) is 4.79 Å². The van der Waals surface area contributed by atoms with Gasteiger partial charge in [-0.3, -0.25) is 10.3 Å². The van der Waals surface area contributed by atoms with E-state index >= 15 is 0 Å². The summed E-state index contributed by atoms with van der Waals surface area (Å²) in [5.74, 6) is 0. The van der Waals surface area contributed by atoms with Crippen LogP contribution in [0.1, 0.15) is 12.5 Å². The smallest absolute Gasteiger partial charge is 0.413 e. The molecule has 0 saturated carbocycles. The van der Waals surface area contributed by atoms with Gasteiger partial charge >= 0.3 is 6.09 Å². The number of carbonyl (C=O) groups excluding carboxylic acids is 1. The van der Waals surface area contributed by atoms with Gasteiger partial charge in [-0.2, -0.15) is 0 Å². The Balaban J connectivity index is 2.18. The van der Waals surface area contributed by atoms with Crippen molar-refractivity contribution in [2.24, 2.45) is 0 Å². The number of hydrogen-bond donors (Lipinski definition) is 2. The van der Waals surface area contributed by atoms with Crippen molar-refractivity contribution in [2.75, 3.05) is 13.2 Å². The first-order valence-electron chi connectivity index (χ1n) is 5.33. The molecule has 5 nitrogen and oxygen atoms in total. The minimum absolute atomic E-state index is 0.271. The lowest BCUT2D eigenvalue weighted by atomic mass is 10.2. The fourth-order valence-corrected chi connectivity index (χ4v) is 1.36. The lowest BCUT2D eigenvalue weighted by Gasteiger charge is -2.08. The van der Waals surface area contributed by atoms with Crippen molar-refractivity contribution >= 4 is 23.4 Å². The Morgan fingerprint density at radius 1 is 1.59 bits per heavy atom. The second-order valence-corrected chi connectivity index (χ2v) is 3.62. The molecule has 0 aromatic carbocycles. The summed E-state index contributed by atoms with van der Waals surface area (Å²) in [6.45, 7) is 2.69. The van der Waals surface area contributed by atoms with Crippen molar-refractivity contribution in [3.63, 3.8) is 0 Å². The molecule has 17 heavy (non-hydrogen) atoms. The van der Waals surface area contributed by atoms with Crippen LogP contribution in [0.5, 0.6) is 0 Å². The summed E-state index contributed by atoms with van der Waals surface area (Å²) in [4.78, 5) is 15.0. The highest BCUT2D eigenvalue weighted by Gasteiger charge is 2.03. The van der Waals surface area contributed by atoms with Gasteiger partial charge in [-0.15, -0.1) is 0 Å². The first-order valence-corrected chi connectivity index (χ1v) is 5.73. The maximum atomic E-state index is 11.0. The molecule has 0 atom stereocenters. The largest absolute Gasteiger partial charge is 0.450 e. The van der Waals surface area contributed by atoms with E-state index in [1.54, 1.807) is 19.3 Å². The Morgan fingerprint density at radius 3 is 3.06 bits per heavy atom. The highest BCUT2D eigenvalue weighted by molar-refractivity contribution is 7.80. The van der Waals surface area contributed by atoms with E-state index in [-0.39, 0.29) is 5.11 Å². The minimum atomic E-state index is -0.536. The quantitative estimate of drug-likeness (QED) is 0.791. The van der Waals surface area contributed by atoms with Crippen LogP contribution in [0.2, 0.25) is 0 Å². The van der Waals surface area contributed by atoms with E-state index in [0.717, 1.165) is 12.0 Å². The number of ether oxygens (including phenoxy) is 1. The Labute approximate surface area is 106 Å².